The van der Waals surface area contributed by atoms with Gasteiger partial charge in [-0.05, 0) is 91.1 Å². The van der Waals surface area contributed by atoms with Crippen molar-refractivity contribution in [3.8, 4) is 5.75 Å². The van der Waals surface area contributed by atoms with Gasteiger partial charge in [-0.1, -0.05) is 32.9 Å². The molecule has 0 spiro atoms. The third-order valence-electron chi connectivity index (χ3n) is 5.27. The molecular weight excluding hydrogens is 620 g/mol. The molecule has 2 aromatic rings. The maximum atomic E-state index is 14.4. The molecule has 0 bridgehead atoms. The predicted molar refractivity (Wildman–Crippen MR) is 155 cm³/mol. The maximum absolute atomic E-state index is 14.4. The summed E-state index contributed by atoms with van der Waals surface area (Å²) in [6, 6.07) is 8.40. The van der Waals surface area contributed by atoms with Crippen molar-refractivity contribution in [2.24, 2.45) is 5.41 Å². The van der Waals surface area contributed by atoms with Crippen molar-refractivity contribution in [1.29, 1.82) is 0 Å². The maximum Gasteiger partial charge on any atom is 0.405 e. The van der Waals surface area contributed by atoms with E-state index < -0.39 is 35.8 Å². The summed E-state index contributed by atoms with van der Waals surface area (Å²) in [5.41, 5.74) is -0.332. The molecule has 0 radical (unpaired) electrons. The van der Waals surface area contributed by atoms with Crippen LogP contribution in [-0.4, -0.2) is 47.9 Å². The average Bonchev–Trinajstić information content (AvgIpc) is 2.80. The highest BCUT2D eigenvalue weighted by atomic mass is 127. The number of hydrogen-bond acceptors (Lipinski definition) is 5. The molecule has 0 saturated carbocycles. The largest absolute Gasteiger partial charge is 0.491 e. The summed E-state index contributed by atoms with van der Waals surface area (Å²) in [6.07, 6.45) is -1.19. The summed E-state index contributed by atoms with van der Waals surface area (Å²) in [5, 5.41) is 16.8. The van der Waals surface area contributed by atoms with E-state index in [0.29, 0.717) is 28.1 Å². The fourth-order valence-electron chi connectivity index (χ4n) is 3.58. The highest BCUT2D eigenvalue weighted by Crippen LogP contribution is 2.24. The molecule has 0 fully saturated rings. The number of carboxylic acid groups (broad SMARTS) is 1. The zero-order valence-corrected chi connectivity index (χ0v) is 25.2. The molecule has 0 unspecified atom stereocenters. The first-order chi connectivity index (χ1) is 18.0. The van der Waals surface area contributed by atoms with Gasteiger partial charge in [-0.3, -0.25) is 9.59 Å². The summed E-state index contributed by atoms with van der Waals surface area (Å²) in [6.45, 7) is 12.2. The molecule has 39 heavy (non-hydrogen) atoms. The van der Waals surface area contributed by atoms with Gasteiger partial charge in [0, 0.05) is 3.57 Å². The minimum absolute atomic E-state index is 0.0164. The van der Waals surface area contributed by atoms with Crippen LogP contribution in [-0.2, 0) is 14.3 Å². The van der Waals surface area contributed by atoms with E-state index in [4.69, 9.17) is 9.47 Å². The van der Waals surface area contributed by atoms with Crippen LogP contribution in [0.4, 0.5) is 14.9 Å². The molecule has 0 aliphatic heterocycles. The van der Waals surface area contributed by atoms with Gasteiger partial charge in [0.25, 0.3) is 0 Å². The normalized spacial score (nSPS) is 13.2. The van der Waals surface area contributed by atoms with Crippen molar-refractivity contribution >= 4 is 46.2 Å². The van der Waals surface area contributed by atoms with E-state index >= 15 is 0 Å². The lowest BCUT2D eigenvalue weighted by atomic mass is 9.87. The predicted octanol–water partition coefficient (Wildman–Crippen LogP) is 5.49. The Kier molecular flexibility index (Phi) is 11.5. The second kappa shape index (κ2) is 13.9. The minimum atomic E-state index is -1.41. The third-order valence-corrected chi connectivity index (χ3v) is 5.94. The van der Waals surface area contributed by atoms with Crippen LogP contribution in [0, 0.1) is 14.8 Å². The zero-order chi connectivity index (χ0) is 29.4. The van der Waals surface area contributed by atoms with Crippen molar-refractivity contribution in [3.05, 3.63) is 57.4 Å². The third kappa shape index (κ3) is 11.8. The van der Waals surface area contributed by atoms with Crippen molar-refractivity contribution < 1.29 is 33.4 Å². The highest BCUT2D eigenvalue weighted by Gasteiger charge is 2.31. The smallest absolute Gasteiger partial charge is 0.405 e. The Hall–Kier alpha value is -2.93. The van der Waals surface area contributed by atoms with Crippen molar-refractivity contribution in [2.75, 3.05) is 18.5 Å². The summed E-state index contributed by atoms with van der Waals surface area (Å²) < 4.78 is 26.3. The lowest BCUT2D eigenvalue weighted by Gasteiger charge is -2.28. The van der Waals surface area contributed by atoms with Gasteiger partial charge < -0.3 is 30.5 Å². The Morgan fingerprint density at radius 2 is 1.59 bits per heavy atom. The fraction of sp³-hybridized carbons (Fsp3) is 0.464. The first kappa shape index (κ1) is 32.3. The van der Waals surface area contributed by atoms with E-state index in [-0.39, 0.29) is 23.1 Å². The standard InChI is InChI=1S/C28H37FIN3O6/c1-27(2,3)16-22(24(34)31-21-12-9-18(30)15-20(21)29)32-25(35)23(33-26(36)37)17-7-10-19(11-8-17)38-13-14-39-28(4,5)6/h7-12,15,22-23,33H,13-14,16H2,1-6H3,(H,31,34)(H,32,35)(H,36,37)/t22-,23+/m0/s1. The molecule has 4 N–H and O–H groups in total. The molecule has 0 aromatic heterocycles. The van der Waals surface area contributed by atoms with Crippen LogP contribution in [0.2, 0.25) is 0 Å². The van der Waals surface area contributed by atoms with E-state index in [1.54, 1.807) is 30.3 Å². The number of carbonyl (C=O) groups is 3. The van der Waals surface area contributed by atoms with E-state index in [1.807, 2.05) is 64.1 Å². The van der Waals surface area contributed by atoms with Crippen molar-refractivity contribution in [2.45, 2.75) is 65.6 Å². The second-order valence-corrected chi connectivity index (χ2v) is 12.4. The first-order valence-corrected chi connectivity index (χ1v) is 13.5. The molecule has 3 amide bonds. The molecule has 0 heterocycles. The van der Waals surface area contributed by atoms with Crippen LogP contribution < -0.4 is 20.7 Å². The Morgan fingerprint density at radius 3 is 2.13 bits per heavy atom. The van der Waals surface area contributed by atoms with E-state index in [0.717, 1.165) is 0 Å². The van der Waals surface area contributed by atoms with Gasteiger partial charge in [-0.25, -0.2) is 9.18 Å². The van der Waals surface area contributed by atoms with Gasteiger partial charge in [0.15, 0.2) is 0 Å². The minimum Gasteiger partial charge on any atom is -0.491 e. The number of hydrogen-bond donors (Lipinski definition) is 4. The van der Waals surface area contributed by atoms with Gasteiger partial charge in [-0.15, -0.1) is 0 Å². The van der Waals surface area contributed by atoms with Crippen LogP contribution in [0.3, 0.4) is 0 Å². The van der Waals surface area contributed by atoms with Crippen molar-refractivity contribution in [1.82, 2.24) is 10.6 Å². The lowest BCUT2D eigenvalue weighted by Crippen LogP contribution is -2.50. The second-order valence-electron chi connectivity index (χ2n) is 11.2. The van der Waals surface area contributed by atoms with Crippen LogP contribution >= 0.6 is 22.6 Å². The summed E-state index contributed by atoms with van der Waals surface area (Å²) in [4.78, 5) is 37.9. The molecule has 2 rings (SSSR count). The highest BCUT2D eigenvalue weighted by molar-refractivity contribution is 14.1. The number of nitrogens with one attached hydrogen (secondary N) is 3. The lowest BCUT2D eigenvalue weighted by molar-refractivity contribution is -0.128. The van der Waals surface area contributed by atoms with Gasteiger partial charge in [0.2, 0.25) is 11.8 Å². The number of carbonyl (C=O) groups excluding carboxylic acids is 2. The van der Waals surface area contributed by atoms with E-state index in [1.165, 1.54) is 12.1 Å². The average molecular weight is 658 g/mol. The van der Waals surface area contributed by atoms with Gasteiger partial charge in [0.05, 0.1) is 17.9 Å². The van der Waals surface area contributed by atoms with Crippen LogP contribution in [0.25, 0.3) is 0 Å². The number of anilines is 1. The Labute approximate surface area is 242 Å². The summed E-state index contributed by atoms with van der Waals surface area (Å²) in [5.74, 6) is -1.42. The molecule has 2 aromatic carbocycles. The first-order valence-electron chi connectivity index (χ1n) is 12.5. The Bertz CT molecular complexity index is 1150. The Balaban J connectivity index is 2.18. The molecular formula is C28H37FIN3O6. The van der Waals surface area contributed by atoms with Gasteiger partial charge >= 0.3 is 6.09 Å². The molecule has 9 nitrogen and oxygen atoms in total. The van der Waals surface area contributed by atoms with Crippen LogP contribution in [0.15, 0.2) is 42.5 Å². The van der Waals surface area contributed by atoms with Gasteiger partial charge in [-0.2, -0.15) is 0 Å². The molecule has 0 saturated heterocycles. The van der Waals surface area contributed by atoms with Gasteiger partial charge in [0.1, 0.15) is 30.3 Å². The quantitative estimate of drug-likeness (QED) is 0.187. The number of benzene rings is 2. The summed E-state index contributed by atoms with van der Waals surface area (Å²) in [7, 11) is 0. The fourth-order valence-corrected chi connectivity index (χ4v) is 4.03. The molecule has 11 heteroatoms. The Morgan fingerprint density at radius 1 is 0.949 bits per heavy atom. The molecule has 214 valence electrons. The SMILES string of the molecule is CC(C)(C)C[C@H](NC(=O)[C@H](NC(=O)O)c1ccc(OCCOC(C)(C)C)cc1)C(=O)Nc1ccc(I)cc1F. The molecule has 0 aliphatic carbocycles. The molecule has 0 aliphatic rings. The van der Waals surface area contributed by atoms with Crippen molar-refractivity contribution in [3.63, 3.8) is 0 Å². The van der Waals surface area contributed by atoms with E-state index in [2.05, 4.69) is 16.0 Å². The van der Waals surface area contributed by atoms with Crippen LogP contribution in [0.5, 0.6) is 5.75 Å². The number of ether oxygens (including phenoxy) is 2. The van der Waals surface area contributed by atoms with E-state index in [9.17, 15) is 23.9 Å². The number of amides is 3. The summed E-state index contributed by atoms with van der Waals surface area (Å²) >= 11 is 1.96. The topological polar surface area (TPSA) is 126 Å². The van der Waals surface area contributed by atoms with Crippen LogP contribution in [0.1, 0.15) is 59.6 Å². The zero-order valence-electron chi connectivity index (χ0n) is 23.1. The number of halogens is 2. The monoisotopic (exact) mass is 657 g/mol. The number of rotatable bonds is 11. The molecule has 2 atom stereocenters.